The highest BCUT2D eigenvalue weighted by molar-refractivity contribution is 5.96. The van der Waals surface area contributed by atoms with Crippen molar-refractivity contribution in [1.82, 2.24) is 14.8 Å². The normalized spacial score (nSPS) is 15.0. The van der Waals surface area contributed by atoms with Crippen LogP contribution in [0.3, 0.4) is 0 Å². The van der Waals surface area contributed by atoms with Crippen LogP contribution in [0, 0.1) is 19.7 Å². The second-order valence-corrected chi connectivity index (χ2v) is 7.76. The van der Waals surface area contributed by atoms with Crippen molar-refractivity contribution >= 4 is 11.6 Å². The first-order chi connectivity index (χ1) is 14.0. The second kappa shape index (κ2) is 9.44. The van der Waals surface area contributed by atoms with E-state index in [0.717, 1.165) is 56.1 Å². The summed E-state index contributed by atoms with van der Waals surface area (Å²) in [5.74, 6) is -0.321. The van der Waals surface area contributed by atoms with Gasteiger partial charge in [0.15, 0.2) is 0 Å². The Labute approximate surface area is 173 Å². The van der Waals surface area contributed by atoms with E-state index >= 15 is 0 Å². The number of rotatable bonds is 7. The molecule has 29 heavy (non-hydrogen) atoms. The van der Waals surface area contributed by atoms with Crippen LogP contribution in [0.15, 0.2) is 24.3 Å². The van der Waals surface area contributed by atoms with Crippen LogP contribution in [0.5, 0.6) is 0 Å². The molecule has 6 heteroatoms. The SMILES string of the molecule is CCCNC(=O)c1c(C)c(N2CCN(CC)CC2)c(C)n1Cc1ccccc1F. The van der Waals surface area contributed by atoms with Crippen LogP contribution in [-0.2, 0) is 6.54 Å². The molecule has 0 radical (unpaired) electrons. The maximum atomic E-state index is 14.4. The molecule has 0 unspecified atom stereocenters. The van der Waals surface area contributed by atoms with Crippen molar-refractivity contribution in [2.45, 2.75) is 40.7 Å². The number of carbonyl (C=O) groups excluding carboxylic acids is 1. The Balaban J connectivity index is 2.01. The first kappa shape index (κ1) is 21.4. The fourth-order valence-electron chi connectivity index (χ4n) is 4.24. The summed E-state index contributed by atoms with van der Waals surface area (Å²) in [4.78, 5) is 17.8. The van der Waals surface area contributed by atoms with Gasteiger partial charge < -0.3 is 19.7 Å². The van der Waals surface area contributed by atoms with E-state index in [1.165, 1.54) is 6.07 Å². The molecule has 3 rings (SSSR count). The van der Waals surface area contributed by atoms with E-state index in [-0.39, 0.29) is 11.7 Å². The fraction of sp³-hybridized carbons (Fsp3) is 0.522. The largest absolute Gasteiger partial charge is 0.367 e. The zero-order valence-corrected chi connectivity index (χ0v) is 18.1. The summed E-state index contributed by atoms with van der Waals surface area (Å²) < 4.78 is 16.3. The number of carbonyl (C=O) groups is 1. The Morgan fingerprint density at radius 3 is 2.41 bits per heavy atom. The van der Waals surface area contributed by atoms with Gasteiger partial charge in [-0.1, -0.05) is 32.0 Å². The number of nitrogens with one attached hydrogen (secondary N) is 1. The molecule has 1 aliphatic heterocycles. The van der Waals surface area contributed by atoms with Crippen LogP contribution in [0.4, 0.5) is 10.1 Å². The number of aromatic nitrogens is 1. The molecule has 1 aromatic heterocycles. The number of hydrogen-bond donors (Lipinski definition) is 1. The van der Waals surface area contributed by atoms with Crippen molar-refractivity contribution in [3.63, 3.8) is 0 Å². The average molecular weight is 401 g/mol. The van der Waals surface area contributed by atoms with Gasteiger partial charge in [0.1, 0.15) is 11.5 Å². The van der Waals surface area contributed by atoms with Crippen LogP contribution in [0.25, 0.3) is 0 Å². The zero-order valence-electron chi connectivity index (χ0n) is 18.1. The quantitative estimate of drug-likeness (QED) is 0.772. The highest BCUT2D eigenvalue weighted by Crippen LogP contribution is 2.32. The maximum Gasteiger partial charge on any atom is 0.268 e. The third kappa shape index (κ3) is 4.47. The first-order valence-corrected chi connectivity index (χ1v) is 10.7. The Morgan fingerprint density at radius 1 is 1.10 bits per heavy atom. The van der Waals surface area contributed by atoms with Crippen molar-refractivity contribution in [3.05, 3.63) is 52.6 Å². The summed E-state index contributed by atoms with van der Waals surface area (Å²) in [5.41, 5.74) is 4.37. The summed E-state index contributed by atoms with van der Waals surface area (Å²) in [7, 11) is 0. The summed E-state index contributed by atoms with van der Waals surface area (Å²) in [6.07, 6.45) is 0.879. The fourth-order valence-corrected chi connectivity index (χ4v) is 4.24. The van der Waals surface area contributed by atoms with Crippen LogP contribution >= 0.6 is 0 Å². The Hall–Kier alpha value is -2.34. The molecule has 2 heterocycles. The van der Waals surface area contributed by atoms with Crippen molar-refractivity contribution in [2.75, 3.05) is 44.2 Å². The van der Waals surface area contributed by atoms with E-state index in [1.54, 1.807) is 12.1 Å². The summed E-state index contributed by atoms with van der Waals surface area (Å²) in [6, 6.07) is 6.80. The monoisotopic (exact) mass is 400 g/mol. The van der Waals surface area contributed by atoms with Crippen molar-refractivity contribution in [3.8, 4) is 0 Å². The lowest BCUT2D eigenvalue weighted by Crippen LogP contribution is -2.46. The predicted octanol–water partition coefficient (Wildman–Crippen LogP) is 3.57. The number of amides is 1. The number of likely N-dealkylation sites (N-methyl/N-ethyl adjacent to an activating group) is 1. The van der Waals surface area contributed by atoms with E-state index in [2.05, 4.69) is 22.0 Å². The van der Waals surface area contributed by atoms with E-state index in [0.29, 0.717) is 24.3 Å². The minimum atomic E-state index is -0.240. The topological polar surface area (TPSA) is 40.5 Å². The minimum Gasteiger partial charge on any atom is -0.367 e. The van der Waals surface area contributed by atoms with Crippen LogP contribution in [-0.4, -0.2) is 54.6 Å². The number of halogens is 1. The Bertz CT molecular complexity index is 853. The van der Waals surface area contributed by atoms with E-state index < -0.39 is 0 Å². The molecule has 0 bridgehead atoms. The summed E-state index contributed by atoms with van der Waals surface area (Å²) >= 11 is 0. The molecule has 1 saturated heterocycles. The highest BCUT2D eigenvalue weighted by atomic mass is 19.1. The van der Waals surface area contributed by atoms with Gasteiger partial charge in [0.05, 0.1) is 12.2 Å². The van der Waals surface area contributed by atoms with Gasteiger partial charge in [-0.05, 0) is 32.9 Å². The van der Waals surface area contributed by atoms with Gasteiger partial charge in [0, 0.05) is 49.5 Å². The van der Waals surface area contributed by atoms with Gasteiger partial charge in [-0.2, -0.15) is 0 Å². The molecule has 158 valence electrons. The third-order valence-corrected chi connectivity index (χ3v) is 5.90. The van der Waals surface area contributed by atoms with Crippen molar-refractivity contribution in [1.29, 1.82) is 0 Å². The molecule has 0 aliphatic carbocycles. The average Bonchev–Trinajstić information content (AvgIpc) is 2.97. The van der Waals surface area contributed by atoms with E-state index in [9.17, 15) is 9.18 Å². The molecule has 1 N–H and O–H groups in total. The van der Waals surface area contributed by atoms with Crippen LogP contribution in [0.2, 0.25) is 0 Å². The van der Waals surface area contributed by atoms with E-state index in [1.807, 2.05) is 31.4 Å². The minimum absolute atomic E-state index is 0.0813. The Kier molecular flexibility index (Phi) is 6.96. The number of piperazine rings is 1. The van der Waals surface area contributed by atoms with Gasteiger partial charge in [-0.25, -0.2) is 4.39 Å². The molecular weight excluding hydrogens is 367 g/mol. The lowest BCUT2D eigenvalue weighted by Gasteiger charge is -2.36. The molecule has 2 aromatic rings. The van der Waals surface area contributed by atoms with Gasteiger partial charge in [0.25, 0.3) is 5.91 Å². The molecule has 1 aliphatic rings. The second-order valence-electron chi connectivity index (χ2n) is 7.76. The van der Waals surface area contributed by atoms with Crippen LogP contribution < -0.4 is 10.2 Å². The first-order valence-electron chi connectivity index (χ1n) is 10.7. The van der Waals surface area contributed by atoms with Gasteiger partial charge in [-0.15, -0.1) is 0 Å². The summed E-state index contributed by atoms with van der Waals surface area (Å²) in [6.45, 7) is 14.3. The lowest BCUT2D eigenvalue weighted by atomic mass is 10.1. The molecule has 1 amide bonds. The van der Waals surface area contributed by atoms with E-state index in [4.69, 9.17) is 0 Å². The van der Waals surface area contributed by atoms with Gasteiger partial charge in [0.2, 0.25) is 0 Å². The van der Waals surface area contributed by atoms with Crippen molar-refractivity contribution < 1.29 is 9.18 Å². The molecule has 1 aromatic carbocycles. The van der Waals surface area contributed by atoms with Gasteiger partial charge in [-0.3, -0.25) is 4.79 Å². The van der Waals surface area contributed by atoms with Crippen molar-refractivity contribution in [2.24, 2.45) is 0 Å². The van der Waals surface area contributed by atoms with Crippen LogP contribution in [0.1, 0.15) is 47.6 Å². The molecule has 0 spiro atoms. The smallest absolute Gasteiger partial charge is 0.268 e. The van der Waals surface area contributed by atoms with Gasteiger partial charge >= 0.3 is 0 Å². The molecule has 1 fully saturated rings. The molecule has 0 atom stereocenters. The standard InChI is InChI=1S/C23H33FN4O/c1-5-11-25-23(29)22-17(3)21(27-14-12-26(6-2)13-15-27)18(4)28(22)16-19-9-7-8-10-20(19)24/h7-10H,5-6,11-16H2,1-4H3,(H,25,29). The molecular formula is C23H33FN4O. The number of hydrogen-bond acceptors (Lipinski definition) is 3. The Morgan fingerprint density at radius 2 is 1.79 bits per heavy atom. The predicted molar refractivity (Wildman–Crippen MR) is 116 cm³/mol. The number of nitrogens with zero attached hydrogens (tertiary/aromatic N) is 3. The maximum absolute atomic E-state index is 14.4. The summed E-state index contributed by atoms with van der Waals surface area (Å²) in [5, 5.41) is 3.01. The molecule has 0 saturated carbocycles. The third-order valence-electron chi connectivity index (χ3n) is 5.90. The zero-order chi connectivity index (χ0) is 21.0. The lowest BCUT2D eigenvalue weighted by molar-refractivity contribution is 0.0944. The number of benzene rings is 1. The molecule has 5 nitrogen and oxygen atoms in total. The number of anilines is 1. The highest BCUT2D eigenvalue weighted by Gasteiger charge is 2.27.